The van der Waals surface area contributed by atoms with Gasteiger partial charge in [-0.05, 0) is 18.6 Å². The molecular formula is C17H12N6O2S. The Bertz CT molecular complexity index is 1390. The van der Waals surface area contributed by atoms with E-state index in [1.807, 2.05) is 12.3 Å². The number of rotatable bonds is 2. The van der Waals surface area contributed by atoms with E-state index in [4.69, 9.17) is 5.73 Å². The molecule has 0 saturated heterocycles. The maximum atomic E-state index is 12.2. The van der Waals surface area contributed by atoms with Gasteiger partial charge in [-0.3, -0.25) is 14.0 Å². The highest BCUT2D eigenvalue weighted by Crippen LogP contribution is 2.30. The molecule has 0 bridgehead atoms. The number of aryl methyl sites for hydroxylation is 1. The number of imidazole rings is 1. The number of amides is 1. The van der Waals surface area contributed by atoms with Gasteiger partial charge in [0.15, 0.2) is 5.65 Å². The van der Waals surface area contributed by atoms with E-state index in [1.165, 1.54) is 17.4 Å². The first-order valence-corrected chi connectivity index (χ1v) is 8.69. The van der Waals surface area contributed by atoms with Gasteiger partial charge in [0, 0.05) is 17.8 Å². The van der Waals surface area contributed by atoms with Crippen LogP contribution in [-0.2, 0) is 0 Å². The molecule has 128 valence electrons. The number of carbonyl (C=O) groups excluding carboxylic acids is 1. The zero-order chi connectivity index (χ0) is 18.0. The van der Waals surface area contributed by atoms with Crippen LogP contribution in [0.3, 0.4) is 0 Å². The molecule has 8 nitrogen and oxygen atoms in total. The summed E-state index contributed by atoms with van der Waals surface area (Å²) in [7, 11) is 0. The van der Waals surface area contributed by atoms with E-state index in [2.05, 4.69) is 19.9 Å². The van der Waals surface area contributed by atoms with Crippen molar-refractivity contribution in [1.29, 1.82) is 0 Å². The van der Waals surface area contributed by atoms with Gasteiger partial charge in [-0.2, -0.15) is 0 Å². The maximum Gasteiger partial charge on any atom is 0.254 e. The van der Waals surface area contributed by atoms with Crippen molar-refractivity contribution in [3.8, 4) is 10.7 Å². The van der Waals surface area contributed by atoms with Gasteiger partial charge in [-0.15, -0.1) is 11.3 Å². The number of carbonyl (C=O) groups is 1. The van der Waals surface area contributed by atoms with Crippen LogP contribution >= 0.6 is 11.3 Å². The molecule has 5 aromatic rings. The number of nitrogens with two attached hydrogens (primary N) is 1. The van der Waals surface area contributed by atoms with Gasteiger partial charge in [0.1, 0.15) is 21.7 Å². The van der Waals surface area contributed by atoms with Crippen molar-refractivity contribution < 1.29 is 4.79 Å². The van der Waals surface area contributed by atoms with E-state index in [0.717, 1.165) is 16.3 Å². The molecule has 4 N–H and O–H groups in total. The highest BCUT2D eigenvalue weighted by molar-refractivity contribution is 7.13. The van der Waals surface area contributed by atoms with E-state index < -0.39 is 5.91 Å². The molecule has 1 amide bonds. The van der Waals surface area contributed by atoms with E-state index in [1.54, 1.807) is 22.9 Å². The summed E-state index contributed by atoms with van der Waals surface area (Å²) in [5, 5.41) is 2.65. The Morgan fingerprint density at radius 3 is 2.92 bits per heavy atom. The molecule has 9 heteroatoms. The molecular weight excluding hydrogens is 352 g/mol. The lowest BCUT2D eigenvalue weighted by atomic mass is 10.2. The molecule has 0 radical (unpaired) electrons. The Labute approximate surface area is 149 Å². The minimum atomic E-state index is -0.619. The number of nitrogens with zero attached hydrogens (tertiary/aromatic N) is 3. The summed E-state index contributed by atoms with van der Waals surface area (Å²) in [4.78, 5) is 39.5. The van der Waals surface area contributed by atoms with Gasteiger partial charge in [-0.25, -0.2) is 9.97 Å². The number of benzene rings is 1. The Hall–Kier alpha value is -3.46. The van der Waals surface area contributed by atoms with Gasteiger partial charge >= 0.3 is 0 Å². The largest absolute Gasteiger partial charge is 0.365 e. The number of aromatic amines is 2. The van der Waals surface area contributed by atoms with Crippen molar-refractivity contribution in [2.45, 2.75) is 6.92 Å². The highest BCUT2D eigenvalue weighted by atomic mass is 32.1. The Balaban J connectivity index is 2.00. The van der Waals surface area contributed by atoms with Gasteiger partial charge in [0.25, 0.3) is 5.91 Å². The lowest BCUT2D eigenvalue weighted by Crippen LogP contribution is -2.11. The van der Waals surface area contributed by atoms with Gasteiger partial charge in [-0.1, -0.05) is 6.07 Å². The van der Waals surface area contributed by atoms with Crippen molar-refractivity contribution in [1.82, 2.24) is 24.3 Å². The molecule has 26 heavy (non-hydrogen) atoms. The smallest absolute Gasteiger partial charge is 0.254 e. The third-order valence-electron chi connectivity index (χ3n) is 4.43. The normalized spacial score (nSPS) is 11.7. The molecule has 0 aliphatic carbocycles. The second-order valence-corrected chi connectivity index (χ2v) is 6.87. The van der Waals surface area contributed by atoms with Gasteiger partial charge < -0.3 is 15.7 Å². The third-order valence-corrected chi connectivity index (χ3v) is 5.23. The summed E-state index contributed by atoms with van der Waals surface area (Å²) in [6.45, 7) is 1.90. The number of H-pyrrole nitrogens is 2. The van der Waals surface area contributed by atoms with Crippen LogP contribution in [0.15, 0.2) is 34.7 Å². The molecule has 4 aromatic heterocycles. The van der Waals surface area contributed by atoms with Crippen LogP contribution in [0.1, 0.15) is 15.9 Å². The number of hydrogen-bond acceptors (Lipinski definition) is 5. The van der Waals surface area contributed by atoms with Crippen LogP contribution in [0.2, 0.25) is 0 Å². The fourth-order valence-electron chi connectivity index (χ4n) is 3.32. The van der Waals surface area contributed by atoms with Crippen molar-refractivity contribution in [2.24, 2.45) is 5.73 Å². The van der Waals surface area contributed by atoms with Crippen LogP contribution in [0.25, 0.3) is 38.5 Å². The number of primary amides is 1. The van der Waals surface area contributed by atoms with Crippen LogP contribution in [-0.4, -0.2) is 30.2 Å². The zero-order valence-electron chi connectivity index (χ0n) is 13.5. The predicted octanol–water partition coefficient (Wildman–Crippen LogP) is 2.19. The molecule has 0 aliphatic heterocycles. The van der Waals surface area contributed by atoms with E-state index in [-0.39, 0.29) is 11.0 Å². The molecule has 0 saturated carbocycles. The molecule has 1 aromatic carbocycles. The molecule has 5 rings (SSSR count). The summed E-state index contributed by atoms with van der Waals surface area (Å²) in [6.07, 6.45) is 3.48. The Morgan fingerprint density at radius 2 is 2.19 bits per heavy atom. The standard InChI is InChI=1S/C17H12N6O2S/c1-7-2-3-9(24)11-13(7)23-15(22-11)10(14(18)25)12-16(23)20-6-8(21-12)17-19-4-5-26-17/h2-6,20-21H,1H3,(H2,18,25). The summed E-state index contributed by atoms with van der Waals surface area (Å²) >= 11 is 1.47. The molecule has 0 fully saturated rings. The molecule has 0 aliphatic rings. The van der Waals surface area contributed by atoms with Crippen LogP contribution in [0.5, 0.6) is 0 Å². The fraction of sp³-hybridized carbons (Fsp3) is 0.0588. The van der Waals surface area contributed by atoms with Crippen LogP contribution < -0.4 is 11.2 Å². The number of nitrogens with one attached hydrogen (secondary N) is 2. The molecule has 0 spiro atoms. The lowest BCUT2D eigenvalue weighted by Gasteiger charge is -2.02. The SMILES string of the molecule is Cc1ccc(=O)c2nc3c(C(N)=O)c4[nH]c(-c5nccs5)c[nH]c4n3c12. The average molecular weight is 364 g/mol. The highest BCUT2D eigenvalue weighted by Gasteiger charge is 2.24. The van der Waals surface area contributed by atoms with E-state index >= 15 is 0 Å². The Morgan fingerprint density at radius 1 is 1.35 bits per heavy atom. The minimum Gasteiger partial charge on any atom is -0.365 e. The van der Waals surface area contributed by atoms with Crippen LogP contribution in [0.4, 0.5) is 0 Å². The first-order chi connectivity index (χ1) is 12.6. The summed E-state index contributed by atoms with van der Waals surface area (Å²) in [5.74, 6) is -0.619. The molecule has 0 unspecified atom stereocenters. The first-order valence-electron chi connectivity index (χ1n) is 7.81. The van der Waals surface area contributed by atoms with Gasteiger partial charge in [0.2, 0.25) is 5.43 Å². The Kier molecular flexibility index (Phi) is 2.87. The summed E-state index contributed by atoms with van der Waals surface area (Å²) < 4.78 is 1.77. The second-order valence-electron chi connectivity index (χ2n) is 5.98. The zero-order valence-corrected chi connectivity index (χ0v) is 14.3. The number of thiazole rings is 1. The summed E-state index contributed by atoms with van der Waals surface area (Å²) in [6, 6.07) is 3.22. The third kappa shape index (κ3) is 1.83. The number of fused-ring (bicyclic) bond motifs is 5. The number of hydrogen-bond donors (Lipinski definition) is 3. The van der Waals surface area contributed by atoms with E-state index in [9.17, 15) is 9.59 Å². The molecule has 4 heterocycles. The van der Waals surface area contributed by atoms with Crippen molar-refractivity contribution in [3.05, 3.63) is 51.3 Å². The molecule has 0 atom stereocenters. The van der Waals surface area contributed by atoms with E-state index in [0.29, 0.717) is 27.8 Å². The summed E-state index contributed by atoms with van der Waals surface area (Å²) in [5.41, 5.74) is 9.79. The lowest BCUT2D eigenvalue weighted by molar-refractivity contribution is 0.100. The van der Waals surface area contributed by atoms with Gasteiger partial charge in [0.05, 0.1) is 16.7 Å². The van der Waals surface area contributed by atoms with Crippen molar-refractivity contribution in [3.63, 3.8) is 0 Å². The van der Waals surface area contributed by atoms with Crippen molar-refractivity contribution in [2.75, 3.05) is 0 Å². The average Bonchev–Trinajstić information content (AvgIpc) is 3.31. The quantitative estimate of drug-likeness (QED) is 0.444. The first kappa shape index (κ1) is 14.8. The topological polar surface area (TPSA) is 122 Å². The van der Waals surface area contributed by atoms with Crippen molar-refractivity contribution >= 4 is 45.1 Å². The van der Waals surface area contributed by atoms with Crippen LogP contribution in [0, 0.1) is 6.92 Å². The maximum absolute atomic E-state index is 12.2. The fourth-order valence-corrected chi connectivity index (χ4v) is 3.93. The number of aromatic nitrogens is 5. The second kappa shape index (κ2) is 5.02. The predicted molar refractivity (Wildman–Crippen MR) is 99.5 cm³/mol. The monoisotopic (exact) mass is 364 g/mol. The minimum absolute atomic E-state index is 0.193.